The minimum absolute atomic E-state index is 0.0863. The molecule has 0 saturated heterocycles. The number of ether oxygens (including phenoxy) is 2. The number of nitrogens with one attached hydrogen (secondary N) is 2. The highest BCUT2D eigenvalue weighted by Crippen LogP contribution is 2.34. The Morgan fingerprint density at radius 1 is 0.886 bits per heavy atom. The van der Waals surface area contributed by atoms with Gasteiger partial charge in [-0.3, -0.25) is 14.4 Å². The van der Waals surface area contributed by atoms with E-state index in [2.05, 4.69) is 10.6 Å². The average molecular weight is 512 g/mol. The maximum Gasteiger partial charge on any atom is 0.283 e. The number of halogens is 2. The maximum absolute atomic E-state index is 12.9. The molecule has 0 radical (unpaired) electrons. The number of hydrogen-bond acceptors (Lipinski definition) is 6. The smallest absolute Gasteiger partial charge is 0.283 e. The molecule has 3 aromatic carbocycles. The van der Waals surface area contributed by atoms with Crippen molar-refractivity contribution in [2.75, 3.05) is 29.8 Å². The maximum atomic E-state index is 12.9. The van der Waals surface area contributed by atoms with Gasteiger partial charge in [0, 0.05) is 17.3 Å². The van der Waals surface area contributed by atoms with Crippen molar-refractivity contribution in [3.8, 4) is 11.5 Å². The molecule has 3 aromatic rings. The van der Waals surface area contributed by atoms with Crippen molar-refractivity contribution in [3.05, 3.63) is 88.0 Å². The first-order valence-corrected chi connectivity index (χ1v) is 11.0. The van der Waals surface area contributed by atoms with Gasteiger partial charge in [0.05, 0.1) is 30.6 Å². The number of para-hydroxylation sites is 1. The summed E-state index contributed by atoms with van der Waals surface area (Å²) in [6.07, 6.45) is 0. The van der Waals surface area contributed by atoms with E-state index >= 15 is 0 Å². The Balaban J connectivity index is 1.49. The Morgan fingerprint density at radius 2 is 1.60 bits per heavy atom. The zero-order valence-electron chi connectivity index (χ0n) is 18.6. The van der Waals surface area contributed by atoms with Gasteiger partial charge in [-0.15, -0.1) is 0 Å². The minimum atomic E-state index is -0.684. The molecule has 4 rings (SSSR count). The lowest BCUT2D eigenvalue weighted by Gasteiger charge is -2.16. The van der Waals surface area contributed by atoms with Crippen LogP contribution in [0.4, 0.5) is 17.1 Å². The molecule has 0 fully saturated rings. The zero-order chi connectivity index (χ0) is 25.1. The van der Waals surface area contributed by atoms with Gasteiger partial charge < -0.3 is 20.1 Å². The summed E-state index contributed by atoms with van der Waals surface area (Å²) >= 11 is 12.3. The van der Waals surface area contributed by atoms with E-state index in [0.29, 0.717) is 28.4 Å². The van der Waals surface area contributed by atoms with E-state index in [1.165, 1.54) is 14.2 Å². The summed E-state index contributed by atoms with van der Waals surface area (Å²) in [6, 6.07) is 17.8. The molecule has 1 heterocycles. The van der Waals surface area contributed by atoms with Gasteiger partial charge in [0.2, 0.25) is 0 Å². The molecule has 0 atom stereocenters. The van der Waals surface area contributed by atoms with Gasteiger partial charge in [-0.25, -0.2) is 4.90 Å². The van der Waals surface area contributed by atoms with Crippen molar-refractivity contribution in [1.82, 2.24) is 0 Å². The molecule has 0 aromatic heterocycles. The zero-order valence-corrected chi connectivity index (χ0v) is 20.1. The summed E-state index contributed by atoms with van der Waals surface area (Å²) < 4.78 is 10.5. The summed E-state index contributed by atoms with van der Waals surface area (Å²) in [5.41, 5.74) is 1.45. The fourth-order valence-corrected chi connectivity index (χ4v) is 3.84. The Hall–Kier alpha value is -4.01. The molecular weight excluding hydrogens is 493 g/mol. The van der Waals surface area contributed by atoms with Crippen LogP contribution >= 0.6 is 23.2 Å². The SMILES string of the molecule is COc1ccc(NC(=O)c2ccc(NC3=C(Cl)C(=O)N(c4ccccc4Cl)C3=O)cc2)c(OC)c1. The van der Waals surface area contributed by atoms with Gasteiger partial charge in [-0.2, -0.15) is 0 Å². The summed E-state index contributed by atoms with van der Waals surface area (Å²) in [5.74, 6) is -0.645. The summed E-state index contributed by atoms with van der Waals surface area (Å²) in [7, 11) is 3.03. The molecule has 0 spiro atoms. The molecule has 8 nitrogen and oxygen atoms in total. The quantitative estimate of drug-likeness (QED) is 0.431. The third-order valence-corrected chi connectivity index (χ3v) is 5.86. The van der Waals surface area contributed by atoms with E-state index in [1.54, 1.807) is 66.7 Å². The van der Waals surface area contributed by atoms with Crippen LogP contribution in [0.2, 0.25) is 5.02 Å². The number of amides is 3. The molecule has 0 aliphatic carbocycles. The number of anilines is 3. The van der Waals surface area contributed by atoms with Crippen LogP contribution < -0.4 is 25.0 Å². The summed E-state index contributed by atoms with van der Waals surface area (Å²) in [6.45, 7) is 0. The number of hydrogen-bond donors (Lipinski definition) is 2. The van der Waals surface area contributed by atoms with E-state index in [0.717, 1.165) is 4.90 Å². The van der Waals surface area contributed by atoms with E-state index in [-0.39, 0.29) is 27.3 Å². The molecule has 1 aliphatic heterocycles. The third kappa shape index (κ3) is 4.80. The van der Waals surface area contributed by atoms with Crippen molar-refractivity contribution in [2.45, 2.75) is 0 Å². The number of imide groups is 1. The molecule has 35 heavy (non-hydrogen) atoms. The number of carbonyl (C=O) groups is 3. The Bertz CT molecular complexity index is 1360. The van der Waals surface area contributed by atoms with E-state index in [1.807, 2.05) is 0 Å². The summed E-state index contributed by atoms with van der Waals surface area (Å²) in [4.78, 5) is 39.2. The van der Waals surface area contributed by atoms with Crippen LogP contribution in [0.25, 0.3) is 0 Å². The van der Waals surface area contributed by atoms with E-state index in [4.69, 9.17) is 32.7 Å². The van der Waals surface area contributed by atoms with Crippen LogP contribution in [0.15, 0.2) is 77.5 Å². The molecule has 3 amide bonds. The standard InChI is InChI=1S/C25H19Cl2N3O5/c1-34-16-11-12-18(20(13-16)35-2)29-23(31)14-7-9-15(10-8-14)28-22-21(27)24(32)30(25(22)33)19-6-4-3-5-17(19)26/h3-13,28H,1-2H3,(H,29,31). The highest BCUT2D eigenvalue weighted by atomic mass is 35.5. The van der Waals surface area contributed by atoms with Crippen LogP contribution in [0.1, 0.15) is 10.4 Å². The van der Waals surface area contributed by atoms with E-state index < -0.39 is 11.8 Å². The monoisotopic (exact) mass is 511 g/mol. The van der Waals surface area contributed by atoms with Crippen LogP contribution in [-0.4, -0.2) is 31.9 Å². The van der Waals surface area contributed by atoms with Gasteiger partial charge in [-0.1, -0.05) is 35.3 Å². The Kier molecular flexibility index (Phi) is 6.95. The first kappa shape index (κ1) is 24.1. The van der Waals surface area contributed by atoms with Crippen LogP contribution in [-0.2, 0) is 9.59 Å². The second kappa shape index (κ2) is 10.1. The van der Waals surface area contributed by atoms with Gasteiger partial charge in [0.25, 0.3) is 17.7 Å². The molecular formula is C25H19Cl2N3O5. The van der Waals surface area contributed by atoms with Crippen molar-refractivity contribution >= 4 is 58.0 Å². The topological polar surface area (TPSA) is 97.0 Å². The van der Waals surface area contributed by atoms with Gasteiger partial charge in [-0.05, 0) is 48.5 Å². The molecule has 2 N–H and O–H groups in total. The Morgan fingerprint density at radius 3 is 2.26 bits per heavy atom. The van der Waals surface area contributed by atoms with Crippen LogP contribution in [0, 0.1) is 0 Å². The second-order valence-electron chi connectivity index (χ2n) is 7.31. The fraction of sp³-hybridized carbons (Fsp3) is 0.0800. The first-order valence-electron chi connectivity index (χ1n) is 10.3. The van der Waals surface area contributed by atoms with Crippen LogP contribution in [0.3, 0.4) is 0 Å². The van der Waals surface area contributed by atoms with Crippen molar-refractivity contribution in [3.63, 3.8) is 0 Å². The van der Waals surface area contributed by atoms with Crippen molar-refractivity contribution < 1.29 is 23.9 Å². The predicted molar refractivity (Wildman–Crippen MR) is 134 cm³/mol. The van der Waals surface area contributed by atoms with Gasteiger partial charge in [0.15, 0.2) is 0 Å². The third-order valence-electron chi connectivity index (χ3n) is 5.19. The highest BCUT2D eigenvalue weighted by Gasteiger charge is 2.39. The molecule has 0 unspecified atom stereocenters. The largest absolute Gasteiger partial charge is 0.497 e. The fourth-order valence-electron chi connectivity index (χ4n) is 3.41. The second-order valence-corrected chi connectivity index (χ2v) is 8.09. The van der Waals surface area contributed by atoms with Crippen LogP contribution in [0.5, 0.6) is 11.5 Å². The van der Waals surface area contributed by atoms with Gasteiger partial charge in [0.1, 0.15) is 22.2 Å². The normalized spacial score (nSPS) is 13.2. The number of rotatable bonds is 7. The predicted octanol–water partition coefficient (Wildman–Crippen LogP) is 5.05. The lowest BCUT2D eigenvalue weighted by Crippen LogP contribution is -2.32. The van der Waals surface area contributed by atoms with E-state index in [9.17, 15) is 14.4 Å². The molecule has 10 heteroatoms. The first-order chi connectivity index (χ1) is 16.8. The lowest BCUT2D eigenvalue weighted by atomic mass is 10.1. The molecule has 1 aliphatic rings. The lowest BCUT2D eigenvalue weighted by molar-refractivity contribution is -0.120. The number of carbonyl (C=O) groups excluding carboxylic acids is 3. The van der Waals surface area contributed by atoms with Gasteiger partial charge >= 0.3 is 0 Å². The number of methoxy groups -OCH3 is 2. The average Bonchev–Trinajstić information content (AvgIpc) is 3.08. The molecule has 0 bridgehead atoms. The summed E-state index contributed by atoms with van der Waals surface area (Å²) in [5, 5.41) is 5.63. The minimum Gasteiger partial charge on any atom is -0.497 e. The highest BCUT2D eigenvalue weighted by molar-refractivity contribution is 6.53. The molecule has 0 saturated carbocycles. The Labute approximate surface area is 211 Å². The van der Waals surface area contributed by atoms with Crippen molar-refractivity contribution in [2.24, 2.45) is 0 Å². The number of benzene rings is 3. The number of nitrogens with zero attached hydrogens (tertiary/aromatic N) is 1. The molecule has 178 valence electrons. The van der Waals surface area contributed by atoms with Crippen molar-refractivity contribution in [1.29, 1.82) is 0 Å².